The first-order valence-electron chi connectivity index (χ1n) is 9.35. The number of amides is 3. The predicted octanol–water partition coefficient (Wildman–Crippen LogP) is 3.28. The van der Waals surface area contributed by atoms with E-state index in [1.165, 1.54) is 18.4 Å². The molecule has 29 heavy (non-hydrogen) atoms. The van der Waals surface area contributed by atoms with Crippen molar-refractivity contribution in [1.82, 2.24) is 14.8 Å². The highest BCUT2D eigenvalue weighted by Crippen LogP contribution is 2.25. The second-order valence-corrected chi connectivity index (χ2v) is 9.25. The van der Waals surface area contributed by atoms with Crippen molar-refractivity contribution in [2.75, 3.05) is 26.7 Å². The average Bonchev–Trinajstić information content (AvgIpc) is 3.25. The monoisotopic (exact) mass is 436 g/mol. The number of nitrogens with one attached hydrogen (secondary N) is 1. The number of hydrogen-bond acceptors (Lipinski definition) is 4. The summed E-state index contributed by atoms with van der Waals surface area (Å²) in [4.78, 5) is 32.5. The summed E-state index contributed by atoms with van der Waals surface area (Å²) in [6.07, 6.45) is 2.01. The third-order valence-corrected chi connectivity index (χ3v) is 6.29. The number of aromatic nitrogens is 1. The van der Waals surface area contributed by atoms with Gasteiger partial charge in [-0.2, -0.15) is 4.99 Å². The van der Waals surface area contributed by atoms with E-state index in [9.17, 15) is 9.59 Å². The normalized spacial score (nSPS) is 15.0. The Bertz CT molecular complexity index is 990. The van der Waals surface area contributed by atoms with Crippen molar-refractivity contribution in [1.29, 1.82) is 0 Å². The van der Waals surface area contributed by atoms with Gasteiger partial charge in [-0.1, -0.05) is 32.4 Å². The van der Waals surface area contributed by atoms with Gasteiger partial charge in [0.15, 0.2) is 4.80 Å². The Morgan fingerprint density at radius 2 is 2.10 bits per heavy atom. The van der Waals surface area contributed by atoms with Gasteiger partial charge in [-0.25, -0.2) is 4.79 Å². The van der Waals surface area contributed by atoms with E-state index in [0.29, 0.717) is 47.3 Å². The van der Waals surface area contributed by atoms with E-state index in [2.05, 4.69) is 31.1 Å². The van der Waals surface area contributed by atoms with Gasteiger partial charge in [0.05, 0.1) is 12.7 Å². The van der Waals surface area contributed by atoms with Crippen LogP contribution in [-0.2, 0) is 12.0 Å². The molecule has 0 atom stereocenters. The number of thiazole rings is 1. The van der Waals surface area contributed by atoms with Crippen LogP contribution >= 0.6 is 22.9 Å². The lowest BCUT2D eigenvalue weighted by atomic mass is 9.95. The molecule has 0 saturated carbocycles. The van der Waals surface area contributed by atoms with Gasteiger partial charge in [-0.05, 0) is 23.6 Å². The minimum absolute atomic E-state index is 0.0601. The van der Waals surface area contributed by atoms with E-state index in [4.69, 9.17) is 16.3 Å². The zero-order valence-corrected chi connectivity index (χ0v) is 18.6. The first kappa shape index (κ1) is 21.4. The largest absolute Gasteiger partial charge is 0.496 e. The second kappa shape index (κ2) is 8.59. The van der Waals surface area contributed by atoms with Crippen LogP contribution in [0.15, 0.2) is 29.4 Å². The molecule has 1 aromatic heterocycles. The molecule has 156 valence electrons. The molecule has 1 fully saturated rings. The summed E-state index contributed by atoms with van der Waals surface area (Å²) >= 11 is 7.53. The number of rotatable bonds is 5. The molecule has 0 aliphatic carbocycles. The lowest BCUT2D eigenvalue weighted by Gasteiger charge is -2.15. The Balaban J connectivity index is 1.96. The van der Waals surface area contributed by atoms with Crippen molar-refractivity contribution in [3.63, 3.8) is 0 Å². The number of carbonyl (C=O) groups is 2. The highest BCUT2D eigenvalue weighted by Gasteiger charge is 2.22. The van der Waals surface area contributed by atoms with Crippen LogP contribution in [0.1, 0.15) is 36.0 Å². The Kier molecular flexibility index (Phi) is 6.33. The Hall–Kier alpha value is -2.32. The zero-order chi connectivity index (χ0) is 21.2. The fourth-order valence-electron chi connectivity index (χ4n) is 2.92. The van der Waals surface area contributed by atoms with E-state index < -0.39 is 5.91 Å². The number of nitrogens with zero attached hydrogens (tertiary/aromatic N) is 3. The van der Waals surface area contributed by atoms with Crippen LogP contribution in [-0.4, -0.2) is 48.1 Å². The maximum Gasteiger partial charge on any atom is 0.317 e. The standard InChI is InChI=1S/C20H25ClN4O3S/c1-20(2,3)16-12-25(10-9-24-8-7-22-18(24)27)19(29-16)23-17(26)14-11-13(21)5-6-15(14)28-4/h5-6,11-12H,7-10H2,1-4H3,(H,22,27)/b23-19-. The summed E-state index contributed by atoms with van der Waals surface area (Å²) in [6, 6.07) is 4.82. The molecule has 0 spiro atoms. The van der Waals surface area contributed by atoms with Crippen LogP contribution in [0.5, 0.6) is 5.75 Å². The van der Waals surface area contributed by atoms with Gasteiger partial charge in [-0.15, -0.1) is 11.3 Å². The minimum Gasteiger partial charge on any atom is -0.496 e. The van der Waals surface area contributed by atoms with Crippen molar-refractivity contribution in [3.8, 4) is 5.75 Å². The smallest absolute Gasteiger partial charge is 0.317 e. The van der Waals surface area contributed by atoms with Gasteiger partial charge in [0.25, 0.3) is 5.91 Å². The van der Waals surface area contributed by atoms with Gasteiger partial charge in [-0.3, -0.25) is 4.79 Å². The molecule has 1 aromatic carbocycles. The van der Waals surface area contributed by atoms with Crippen LogP contribution in [0.4, 0.5) is 4.79 Å². The molecule has 7 nitrogen and oxygen atoms in total. The molecule has 1 saturated heterocycles. The molecular weight excluding hydrogens is 412 g/mol. The second-order valence-electron chi connectivity index (χ2n) is 7.80. The molecule has 1 N–H and O–H groups in total. The van der Waals surface area contributed by atoms with Crippen LogP contribution in [0.2, 0.25) is 5.02 Å². The van der Waals surface area contributed by atoms with E-state index in [1.54, 1.807) is 23.1 Å². The highest BCUT2D eigenvalue weighted by molar-refractivity contribution is 7.09. The number of ether oxygens (including phenoxy) is 1. The van der Waals surface area contributed by atoms with Gasteiger partial charge in [0, 0.05) is 42.3 Å². The van der Waals surface area contributed by atoms with Gasteiger partial charge < -0.3 is 19.5 Å². The molecule has 2 aromatic rings. The summed E-state index contributed by atoms with van der Waals surface area (Å²) in [5.41, 5.74) is 0.235. The number of benzene rings is 1. The van der Waals surface area contributed by atoms with E-state index >= 15 is 0 Å². The van der Waals surface area contributed by atoms with Crippen molar-refractivity contribution in [2.45, 2.75) is 32.7 Å². The fraction of sp³-hybridized carbons (Fsp3) is 0.450. The lowest BCUT2D eigenvalue weighted by molar-refractivity contribution is 0.0994. The topological polar surface area (TPSA) is 75.9 Å². The summed E-state index contributed by atoms with van der Waals surface area (Å²) in [5.74, 6) is 0.00960. The maximum absolute atomic E-state index is 12.9. The number of carbonyl (C=O) groups excluding carboxylic acids is 2. The SMILES string of the molecule is COc1ccc(Cl)cc1C(=O)/N=c1\sc(C(C)(C)C)cn1CCN1CCNC1=O. The minimum atomic E-state index is -0.417. The van der Waals surface area contributed by atoms with E-state index in [-0.39, 0.29) is 11.4 Å². The molecule has 1 aliphatic rings. The Morgan fingerprint density at radius 1 is 1.34 bits per heavy atom. The van der Waals surface area contributed by atoms with Crippen molar-refractivity contribution >= 4 is 34.9 Å². The zero-order valence-electron chi connectivity index (χ0n) is 17.0. The van der Waals surface area contributed by atoms with Crippen molar-refractivity contribution in [3.05, 3.63) is 44.7 Å². The Labute approximate surface area is 179 Å². The molecular formula is C20H25ClN4O3S. The van der Waals surface area contributed by atoms with E-state index in [0.717, 1.165) is 4.88 Å². The van der Waals surface area contributed by atoms with Crippen LogP contribution in [0, 0.1) is 0 Å². The summed E-state index contributed by atoms with van der Waals surface area (Å²) in [5, 5.41) is 3.24. The first-order valence-corrected chi connectivity index (χ1v) is 10.5. The maximum atomic E-state index is 12.9. The Morgan fingerprint density at radius 3 is 2.72 bits per heavy atom. The molecule has 0 bridgehead atoms. The molecule has 9 heteroatoms. The summed E-state index contributed by atoms with van der Waals surface area (Å²) < 4.78 is 7.22. The van der Waals surface area contributed by atoms with Gasteiger partial charge in [0.1, 0.15) is 5.75 Å². The third-order valence-electron chi connectivity index (χ3n) is 4.60. The molecule has 0 unspecified atom stereocenters. The van der Waals surface area contributed by atoms with Crippen LogP contribution in [0.3, 0.4) is 0 Å². The van der Waals surface area contributed by atoms with Gasteiger partial charge >= 0.3 is 6.03 Å². The number of methoxy groups -OCH3 is 1. The third kappa shape index (κ3) is 5.00. The van der Waals surface area contributed by atoms with Crippen LogP contribution < -0.4 is 14.9 Å². The molecule has 1 aliphatic heterocycles. The molecule has 3 amide bonds. The quantitative estimate of drug-likeness (QED) is 0.781. The lowest BCUT2D eigenvalue weighted by Crippen LogP contribution is -2.32. The fourth-order valence-corrected chi connectivity index (χ4v) is 4.17. The van der Waals surface area contributed by atoms with Crippen molar-refractivity contribution < 1.29 is 14.3 Å². The number of hydrogen-bond donors (Lipinski definition) is 1. The average molecular weight is 437 g/mol. The number of urea groups is 1. The van der Waals surface area contributed by atoms with Crippen molar-refractivity contribution in [2.24, 2.45) is 4.99 Å². The molecule has 0 radical (unpaired) electrons. The van der Waals surface area contributed by atoms with E-state index in [1.807, 2.05) is 10.8 Å². The van der Waals surface area contributed by atoms with Gasteiger partial charge in [0.2, 0.25) is 0 Å². The molecule has 3 rings (SSSR count). The van der Waals surface area contributed by atoms with Crippen LogP contribution in [0.25, 0.3) is 0 Å². The number of halogens is 1. The first-order chi connectivity index (χ1) is 13.7. The highest BCUT2D eigenvalue weighted by atomic mass is 35.5. The summed E-state index contributed by atoms with van der Waals surface area (Å²) in [6.45, 7) is 8.78. The molecule has 2 heterocycles. The predicted molar refractivity (Wildman–Crippen MR) is 114 cm³/mol. The summed E-state index contributed by atoms with van der Waals surface area (Å²) in [7, 11) is 1.50.